The van der Waals surface area contributed by atoms with Crippen molar-refractivity contribution in [1.82, 2.24) is 14.5 Å². The van der Waals surface area contributed by atoms with E-state index in [1.807, 2.05) is 0 Å². The van der Waals surface area contributed by atoms with Gasteiger partial charge in [-0.25, -0.2) is 27.2 Å². The standard InChI is InChI=1S/C17H21F2N3O3S/c1-5-6-17(18,19)13-8-20-14(10-26(4,24)25)21-15(13)12-7-11(2)16(23)22(3)9-12/h7-9H,5-6,10H2,1-4H3. The topological polar surface area (TPSA) is 81.9 Å². The Balaban J connectivity index is 2.73. The number of pyridine rings is 1. The van der Waals surface area contributed by atoms with Gasteiger partial charge in [-0.3, -0.25) is 4.79 Å². The molecule has 2 aromatic rings. The van der Waals surface area contributed by atoms with Crippen molar-refractivity contribution in [3.8, 4) is 11.3 Å². The molecule has 9 heteroatoms. The van der Waals surface area contributed by atoms with Gasteiger partial charge in [-0.05, 0) is 13.0 Å². The van der Waals surface area contributed by atoms with Crippen LogP contribution in [-0.4, -0.2) is 29.2 Å². The van der Waals surface area contributed by atoms with Crippen molar-refractivity contribution in [1.29, 1.82) is 0 Å². The van der Waals surface area contributed by atoms with Gasteiger partial charge in [0.25, 0.3) is 11.5 Å². The zero-order valence-corrected chi connectivity index (χ0v) is 15.9. The molecule has 0 N–H and O–H groups in total. The van der Waals surface area contributed by atoms with Gasteiger partial charge in [0.05, 0.1) is 11.3 Å². The van der Waals surface area contributed by atoms with Crippen LogP contribution in [0.2, 0.25) is 0 Å². The third-order valence-corrected chi connectivity index (χ3v) is 4.61. The second-order valence-electron chi connectivity index (χ2n) is 6.40. The summed E-state index contributed by atoms with van der Waals surface area (Å²) < 4.78 is 53.5. The molecule has 0 aromatic carbocycles. The molecule has 0 bridgehead atoms. The number of alkyl halides is 2. The lowest BCUT2D eigenvalue weighted by molar-refractivity contribution is -0.0140. The Kier molecular flexibility index (Phi) is 5.60. The van der Waals surface area contributed by atoms with E-state index in [9.17, 15) is 22.0 Å². The van der Waals surface area contributed by atoms with Gasteiger partial charge >= 0.3 is 0 Å². The summed E-state index contributed by atoms with van der Waals surface area (Å²) in [7, 11) is -1.91. The number of hydrogen-bond donors (Lipinski definition) is 0. The van der Waals surface area contributed by atoms with Crippen LogP contribution in [0.5, 0.6) is 0 Å². The Hall–Kier alpha value is -2.16. The van der Waals surface area contributed by atoms with E-state index in [0.29, 0.717) is 11.1 Å². The SMILES string of the molecule is CCCC(F)(F)c1cnc(CS(C)(=O)=O)nc1-c1cc(C)c(=O)n(C)c1. The van der Waals surface area contributed by atoms with Crippen molar-refractivity contribution < 1.29 is 17.2 Å². The maximum atomic E-state index is 14.6. The first-order valence-electron chi connectivity index (χ1n) is 8.04. The smallest absolute Gasteiger partial charge is 0.276 e. The molecule has 2 heterocycles. The lowest BCUT2D eigenvalue weighted by Gasteiger charge is -2.19. The fourth-order valence-electron chi connectivity index (χ4n) is 2.67. The Morgan fingerprint density at radius 1 is 1.31 bits per heavy atom. The maximum absolute atomic E-state index is 14.6. The average molecular weight is 385 g/mol. The summed E-state index contributed by atoms with van der Waals surface area (Å²) in [6.07, 6.45) is 3.28. The van der Waals surface area contributed by atoms with Gasteiger partial charge in [0, 0.05) is 43.2 Å². The number of halogens is 2. The van der Waals surface area contributed by atoms with Crippen LogP contribution in [0.15, 0.2) is 23.3 Å². The molecule has 0 unspecified atom stereocenters. The molecule has 2 rings (SSSR count). The largest absolute Gasteiger partial charge is 0.318 e. The van der Waals surface area contributed by atoms with Crippen molar-refractivity contribution in [2.45, 2.75) is 38.4 Å². The molecule has 0 spiro atoms. The second kappa shape index (κ2) is 7.22. The van der Waals surface area contributed by atoms with Gasteiger partial charge in [-0.15, -0.1) is 0 Å². The third kappa shape index (κ3) is 4.51. The molecule has 142 valence electrons. The molecule has 6 nitrogen and oxygen atoms in total. The molecule has 0 aliphatic carbocycles. The van der Waals surface area contributed by atoms with Crippen molar-refractivity contribution in [3.05, 3.63) is 45.8 Å². The molecule has 0 fully saturated rings. The van der Waals surface area contributed by atoms with Crippen molar-refractivity contribution >= 4 is 9.84 Å². The summed E-state index contributed by atoms with van der Waals surface area (Å²) in [5.41, 5.74) is -0.00274. The fraction of sp³-hybridized carbons (Fsp3) is 0.471. The predicted octanol–water partition coefficient (Wildman–Crippen LogP) is 2.59. The molecule has 0 atom stereocenters. The summed E-state index contributed by atoms with van der Waals surface area (Å²) in [5.74, 6) is -3.69. The lowest BCUT2D eigenvalue weighted by Crippen LogP contribution is -2.21. The van der Waals surface area contributed by atoms with E-state index >= 15 is 0 Å². The van der Waals surface area contributed by atoms with Crippen LogP contribution < -0.4 is 5.56 Å². The van der Waals surface area contributed by atoms with Crippen LogP contribution in [-0.2, 0) is 28.6 Å². The van der Waals surface area contributed by atoms with Gasteiger partial charge in [0.15, 0.2) is 9.84 Å². The second-order valence-corrected chi connectivity index (χ2v) is 8.54. The van der Waals surface area contributed by atoms with E-state index in [-0.39, 0.29) is 35.5 Å². The first-order chi connectivity index (χ1) is 11.9. The minimum Gasteiger partial charge on any atom is -0.318 e. The number of hydrogen-bond acceptors (Lipinski definition) is 5. The number of aromatic nitrogens is 3. The van der Waals surface area contributed by atoms with E-state index in [1.54, 1.807) is 13.8 Å². The first kappa shape index (κ1) is 20.2. The summed E-state index contributed by atoms with van der Waals surface area (Å²) in [5, 5.41) is 0. The Morgan fingerprint density at radius 3 is 2.50 bits per heavy atom. The van der Waals surface area contributed by atoms with Crippen LogP contribution in [0.3, 0.4) is 0 Å². The molecule has 0 saturated carbocycles. The highest BCUT2D eigenvalue weighted by molar-refractivity contribution is 7.89. The van der Waals surface area contributed by atoms with Gasteiger partial charge in [0.1, 0.15) is 11.6 Å². The fourth-order valence-corrected chi connectivity index (χ4v) is 3.27. The molecular weight excluding hydrogens is 364 g/mol. The molecule has 26 heavy (non-hydrogen) atoms. The highest BCUT2D eigenvalue weighted by atomic mass is 32.2. The number of aryl methyl sites for hydroxylation is 2. The van der Waals surface area contributed by atoms with Crippen molar-refractivity contribution in [2.24, 2.45) is 7.05 Å². The zero-order chi connectivity index (χ0) is 19.7. The molecular formula is C17H21F2N3O3S. The van der Waals surface area contributed by atoms with Gasteiger partial charge in [-0.2, -0.15) is 0 Å². The molecule has 2 aromatic heterocycles. The predicted molar refractivity (Wildman–Crippen MR) is 94.8 cm³/mol. The third-order valence-electron chi connectivity index (χ3n) is 3.82. The first-order valence-corrected chi connectivity index (χ1v) is 10.1. The molecule has 0 radical (unpaired) electrons. The van der Waals surface area contributed by atoms with Gasteiger partial charge < -0.3 is 4.57 Å². The van der Waals surface area contributed by atoms with Crippen molar-refractivity contribution in [2.75, 3.05) is 6.26 Å². The Bertz CT molecular complexity index is 959. The lowest BCUT2D eigenvalue weighted by atomic mass is 9.99. The summed E-state index contributed by atoms with van der Waals surface area (Å²) >= 11 is 0. The van der Waals surface area contributed by atoms with Crippen LogP contribution in [0.25, 0.3) is 11.3 Å². The van der Waals surface area contributed by atoms with Crippen LogP contribution >= 0.6 is 0 Å². The quantitative estimate of drug-likeness (QED) is 0.763. The Morgan fingerprint density at radius 2 is 1.96 bits per heavy atom. The number of nitrogens with zero attached hydrogens (tertiary/aromatic N) is 3. The normalized spacial score (nSPS) is 12.4. The summed E-state index contributed by atoms with van der Waals surface area (Å²) in [6, 6.07) is 1.47. The summed E-state index contributed by atoms with van der Waals surface area (Å²) in [6.45, 7) is 3.22. The monoisotopic (exact) mass is 385 g/mol. The Labute approximate surface area is 150 Å². The minimum absolute atomic E-state index is 0.0594. The molecule has 0 amide bonds. The number of sulfone groups is 1. The highest BCUT2D eigenvalue weighted by Crippen LogP contribution is 2.38. The zero-order valence-electron chi connectivity index (χ0n) is 15.1. The molecule has 0 aliphatic heterocycles. The van der Waals surface area contributed by atoms with Gasteiger partial charge in [0.2, 0.25) is 0 Å². The molecule has 0 saturated heterocycles. The van der Waals surface area contributed by atoms with E-state index in [4.69, 9.17) is 0 Å². The van der Waals surface area contributed by atoms with E-state index in [2.05, 4.69) is 9.97 Å². The van der Waals surface area contributed by atoms with E-state index in [1.165, 1.54) is 23.9 Å². The highest BCUT2D eigenvalue weighted by Gasteiger charge is 2.35. The average Bonchev–Trinajstić information content (AvgIpc) is 2.50. The van der Waals surface area contributed by atoms with Crippen LogP contribution in [0.4, 0.5) is 8.78 Å². The molecule has 0 aliphatic rings. The van der Waals surface area contributed by atoms with Gasteiger partial charge in [-0.1, -0.05) is 13.3 Å². The van der Waals surface area contributed by atoms with Crippen molar-refractivity contribution in [3.63, 3.8) is 0 Å². The number of rotatable bonds is 6. The van der Waals surface area contributed by atoms with Crippen LogP contribution in [0, 0.1) is 6.92 Å². The summed E-state index contributed by atoms with van der Waals surface area (Å²) in [4.78, 5) is 19.8. The van der Waals surface area contributed by atoms with E-state index < -0.39 is 21.5 Å². The van der Waals surface area contributed by atoms with E-state index in [0.717, 1.165) is 12.5 Å². The minimum atomic E-state index is -3.43. The van der Waals surface area contributed by atoms with Crippen LogP contribution in [0.1, 0.15) is 36.7 Å². The maximum Gasteiger partial charge on any atom is 0.276 e.